The van der Waals surface area contributed by atoms with Crippen LogP contribution in [-0.4, -0.2) is 34.2 Å². The molecular formula is C13H13BrN2O4. The van der Waals surface area contributed by atoms with Gasteiger partial charge in [-0.25, -0.2) is 0 Å². The van der Waals surface area contributed by atoms with Crippen LogP contribution in [0.15, 0.2) is 24.3 Å². The van der Waals surface area contributed by atoms with Crippen molar-refractivity contribution in [3.63, 3.8) is 0 Å². The number of aldehydes is 1. The first-order valence-corrected chi connectivity index (χ1v) is 6.90. The van der Waals surface area contributed by atoms with Crippen LogP contribution < -0.4 is 10.6 Å². The highest BCUT2D eigenvalue weighted by Crippen LogP contribution is 2.18. The van der Waals surface area contributed by atoms with Crippen molar-refractivity contribution in [3.8, 4) is 0 Å². The molecule has 0 saturated carbocycles. The highest BCUT2D eigenvalue weighted by Gasteiger charge is 2.33. The maximum atomic E-state index is 11.9. The van der Waals surface area contributed by atoms with Crippen LogP contribution in [0.1, 0.15) is 28.4 Å². The predicted octanol–water partition coefficient (Wildman–Crippen LogP) is 0.258. The number of hydrogen-bond acceptors (Lipinski definition) is 4. The van der Waals surface area contributed by atoms with Crippen LogP contribution >= 0.6 is 15.9 Å². The summed E-state index contributed by atoms with van der Waals surface area (Å²) in [5, 5.41) is 15.1. The van der Waals surface area contributed by atoms with Crippen molar-refractivity contribution in [1.29, 1.82) is 0 Å². The zero-order valence-corrected chi connectivity index (χ0v) is 12.0. The maximum absolute atomic E-state index is 11.9. The Morgan fingerprint density at radius 2 is 2.25 bits per heavy atom. The van der Waals surface area contributed by atoms with E-state index in [9.17, 15) is 19.5 Å². The topological polar surface area (TPSA) is 95.5 Å². The Morgan fingerprint density at radius 1 is 1.55 bits per heavy atom. The molecule has 0 radical (unpaired) electrons. The SMILES string of the molecule is O=Cc1cccc(C(O)C(=O)NC(Br)C2CC(=O)N2)c1. The van der Waals surface area contributed by atoms with Crippen molar-refractivity contribution in [2.75, 3.05) is 0 Å². The molecule has 3 atom stereocenters. The predicted molar refractivity (Wildman–Crippen MR) is 74.2 cm³/mol. The van der Waals surface area contributed by atoms with Gasteiger partial charge in [-0.2, -0.15) is 0 Å². The number of rotatable bonds is 5. The van der Waals surface area contributed by atoms with Crippen LogP contribution in [0.3, 0.4) is 0 Å². The fraction of sp³-hybridized carbons (Fsp3) is 0.308. The Labute approximate surface area is 123 Å². The van der Waals surface area contributed by atoms with Crippen molar-refractivity contribution in [2.24, 2.45) is 0 Å². The van der Waals surface area contributed by atoms with Gasteiger partial charge >= 0.3 is 0 Å². The van der Waals surface area contributed by atoms with E-state index in [0.717, 1.165) is 0 Å². The van der Waals surface area contributed by atoms with Gasteiger partial charge in [-0.15, -0.1) is 0 Å². The van der Waals surface area contributed by atoms with Crippen molar-refractivity contribution in [1.82, 2.24) is 10.6 Å². The molecule has 1 saturated heterocycles. The molecule has 20 heavy (non-hydrogen) atoms. The van der Waals surface area contributed by atoms with Gasteiger partial charge in [0, 0.05) is 12.0 Å². The Kier molecular flexibility index (Phi) is 4.51. The highest BCUT2D eigenvalue weighted by atomic mass is 79.9. The summed E-state index contributed by atoms with van der Waals surface area (Å²) in [6.45, 7) is 0. The van der Waals surface area contributed by atoms with Gasteiger partial charge in [0.05, 0.1) is 6.04 Å². The van der Waals surface area contributed by atoms with Gasteiger partial charge in [-0.05, 0) is 11.6 Å². The lowest BCUT2D eigenvalue weighted by atomic mass is 10.0. The van der Waals surface area contributed by atoms with Gasteiger partial charge < -0.3 is 15.7 Å². The molecule has 1 heterocycles. The zero-order chi connectivity index (χ0) is 14.7. The van der Waals surface area contributed by atoms with Gasteiger partial charge in [0.1, 0.15) is 11.2 Å². The van der Waals surface area contributed by atoms with Gasteiger partial charge in [-0.3, -0.25) is 14.4 Å². The molecule has 1 aromatic carbocycles. The number of hydrogen-bond donors (Lipinski definition) is 3. The third-order valence-corrected chi connectivity index (χ3v) is 3.86. The number of carbonyl (C=O) groups excluding carboxylic acids is 3. The Morgan fingerprint density at radius 3 is 2.85 bits per heavy atom. The molecule has 7 heteroatoms. The van der Waals surface area contributed by atoms with Crippen LogP contribution in [0.2, 0.25) is 0 Å². The summed E-state index contributed by atoms with van der Waals surface area (Å²) in [7, 11) is 0. The Hall–Kier alpha value is -1.73. The van der Waals surface area contributed by atoms with E-state index in [1.807, 2.05) is 0 Å². The maximum Gasteiger partial charge on any atom is 0.254 e. The van der Waals surface area contributed by atoms with E-state index in [1.165, 1.54) is 6.07 Å². The fourth-order valence-corrected chi connectivity index (χ4v) is 2.38. The van der Waals surface area contributed by atoms with E-state index < -0.39 is 17.0 Å². The Balaban J connectivity index is 1.97. The van der Waals surface area contributed by atoms with E-state index in [1.54, 1.807) is 18.2 Å². The third-order valence-electron chi connectivity index (χ3n) is 3.00. The zero-order valence-electron chi connectivity index (χ0n) is 10.4. The standard InChI is InChI=1S/C13H13BrN2O4/c14-12(9-5-10(18)15-9)16-13(20)11(19)8-3-1-2-7(4-8)6-17/h1-4,6,9,11-12,19H,5H2,(H,15,18)(H,16,20). The number of carbonyl (C=O) groups is 3. The number of β-lactam (4-membered cyclic amide) rings is 1. The average Bonchev–Trinajstić information content (AvgIpc) is 2.42. The van der Waals surface area contributed by atoms with Gasteiger partial charge in [-0.1, -0.05) is 34.1 Å². The lowest BCUT2D eigenvalue weighted by Gasteiger charge is -2.31. The van der Waals surface area contributed by atoms with E-state index in [0.29, 0.717) is 23.8 Å². The first kappa shape index (κ1) is 14.7. The minimum Gasteiger partial charge on any atom is -0.378 e. The summed E-state index contributed by atoms with van der Waals surface area (Å²) in [5.74, 6) is -0.677. The molecule has 2 rings (SSSR count). The normalized spacial score (nSPS) is 20.3. The van der Waals surface area contributed by atoms with E-state index in [-0.39, 0.29) is 11.9 Å². The van der Waals surface area contributed by atoms with E-state index in [4.69, 9.17) is 0 Å². The summed E-state index contributed by atoms with van der Waals surface area (Å²) in [6, 6.07) is 6.00. The van der Waals surface area contributed by atoms with Crippen LogP contribution in [0.5, 0.6) is 0 Å². The Bertz CT molecular complexity index is 541. The number of aliphatic hydroxyl groups excluding tert-OH is 1. The average molecular weight is 341 g/mol. The number of halogens is 1. The smallest absolute Gasteiger partial charge is 0.254 e. The molecule has 0 aliphatic carbocycles. The van der Waals surface area contributed by atoms with E-state index in [2.05, 4.69) is 26.6 Å². The molecule has 3 unspecified atom stereocenters. The minimum atomic E-state index is -1.37. The molecule has 6 nitrogen and oxygen atoms in total. The summed E-state index contributed by atoms with van der Waals surface area (Å²) in [6.07, 6.45) is -0.399. The van der Waals surface area contributed by atoms with Crippen LogP contribution in [0, 0.1) is 0 Å². The molecule has 1 fully saturated rings. The molecule has 0 spiro atoms. The second kappa shape index (κ2) is 6.15. The largest absolute Gasteiger partial charge is 0.378 e. The molecule has 3 N–H and O–H groups in total. The summed E-state index contributed by atoms with van der Waals surface area (Å²) < 4.78 is 0. The summed E-state index contributed by atoms with van der Waals surface area (Å²) in [4.78, 5) is 32.9. The lowest BCUT2D eigenvalue weighted by Crippen LogP contribution is -2.58. The van der Waals surface area contributed by atoms with E-state index >= 15 is 0 Å². The number of alkyl halides is 1. The second-order valence-corrected chi connectivity index (χ2v) is 5.47. The van der Waals surface area contributed by atoms with Crippen molar-refractivity contribution >= 4 is 34.0 Å². The summed E-state index contributed by atoms with van der Waals surface area (Å²) in [5.41, 5.74) is 0.723. The fourth-order valence-electron chi connectivity index (χ4n) is 1.83. The van der Waals surface area contributed by atoms with Crippen molar-refractivity contribution in [2.45, 2.75) is 23.5 Å². The molecular weight excluding hydrogens is 328 g/mol. The van der Waals surface area contributed by atoms with Gasteiger partial charge in [0.15, 0.2) is 6.10 Å². The quantitative estimate of drug-likeness (QED) is 0.310. The molecule has 1 aliphatic heterocycles. The molecule has 2 amide bonds. The van der Waals surface area contributed by atoms with Crippen molar-refractivity contribution in [3.05, 3.63) is 35.4 Å². The number of amides is 2. The molecule has 1 aliphatic rings. The third kappa shape index (κ3) is 3.23. The molecule has 106 valence electrons. The molecule has 1 aromatic rings. The van der Waals surface area contributed by atoms with Crippen LogP contribution in [0.4, 0.5) is 0 Å². The lowest BCUT2D eigenvalue weighted by molar-refractivity contribution is -0.132. The number of aliphatic hydroxyl groups is 1. The minimum absolute atomic E-state index is 0.0760. The highest BCUT2D eigenvalue weighted by molar-refractivity contribution is 9.09. The van der Waals surface area contributed by atoms with Crippen LogP contribution in [0.25, 0.3) is 0 Å². The van der Waals surface area contributed by atoms with Gasteiger partial charge in [0.25, 0.3) is 5.91 Å². The monoisotopic (exact) mass is 340 g/mol. The van der Waals surface area contributed by atoms with Crippen LogP contribution in [-0.2, 0) is 9.59 Å². The number of benzene rings is 1. The molecule has 0 bridgehead atoms. The molecule has 0 aromatic heterocycles. The second-order valence-electron chi connectivity index (χ2n) is 4.48. The number of nitrogens with one attached hydrogen (secondary N) is 2. The van der Waals surface area contributed by atoms with Crippen molar-refractivity contribution < 1.29 is 19.5 Å². The first-order chi connectivity index (χ1) is 9.51. The summed E-state index contributed by atoms with van der Waals surface area (Å²) >= 11 is 3.24. The first-order valence-electron chi connectivity index (χ1n) is 5.98. The van der Waals surface area contributed by atoms with Gasteiger partial charge in [0.2, 0.25) is 5.91 Å².